The van der Waals surface area contributed by atoms with Crippen LogP contribution in [-0.2, 0) is 6.42 Å². The van der Waals surface area contributed by atoms with Crippen molar-refractivity contribution >= 4 is 23.2 Å². The van der Waals surface area contributed by atoms with E-state index in [1.807, 2.05) is 0 Å². The molecule has 0 aliphatic rings. The molecule has 2 aromatic carbocycles. The zero-order chi connectivity index (χ0) is 13.8. The van der Waals surface area contributed by atoms with Gasteiger partial charge in [0.15, 0.2) is 0 Å². The zero-order valence-electron chi connectivity index (χ0n) is 10.2. The van der Waals surface area contributed by atoms with Gasteiger partial charge in [-0.25, -0.2) is 4.39 Å². The van der Waals surface area contributed by atoms with E-state index in [1.165, 1.54) is 6.07 Å². The third kappa shape index (κ3) is 3.27. The molecule has 0 spiro atoms. The average molecular weight is 298 g/mol. The van der Waals surface area contributed by atoms with Gasteiger partial charge >= 0.3 is 0 Å². The van der Waals surface area contributed by atoms with Crippen LogP contribution < -0.4 is 5.73 Å². The molecule has 1 unspecified atom stereocenters. The molecule has 0 amide bonds. The molecule has 1 atom stereocenters. The van der Waals surface area contributed by atoms with Gasteiger partial charge in [0.25, 0.3) is 0 Å². The molecule has 0 aliphatic heterocycles. The fourth-order valence-electron chi connectivity index (χ4n) is 2.13. The van der Waals surface area contributed by atoms with Crippen molar-refractivity contribution in [2.75, 3.05) is 6.54 Å². The van der Waals surface area contributed by atoms with Crippen molar-refractivity contribution in [3.05, 3.63) is 69.5 Å². The summed E-state index contributed by atoms with van der Waals surface area (Å²) in [4.78, 5) is 0. The molecule has 0 bridgehead atoms. The van der Waals surface area contributed by atoms with Crippen LogP contribution in [0, 0.1) is 5.82 Å². The molecular formula is C15H14Cl2FN. The Kier molecular flexibility index (Phi) is 4.81. The highest BCUT2D eigenvalue weighted by atomic mass is 35.5. The lowest BCUT2D eigenvalue weighted by Gasteiger charge is -2.18. The maximum Gasteiger partial charge on any atom is 0.126 e. The monoisotopic (exact) mass is 297 g/mol. The fourth-order valence-corrected chi connectivity index (χ4v) is 2.84. The molecule has 0 aliphatic carbocycles. The molecule has 0 aromatic heterocycles. The third-order valence-electron chi connectivity index (χ3n) is 3.12. The van der Waals surface area contributed by atoms with Gasteiger partial charge in [-0.05, 0) is 42.3 Å². The van der Waals surface area contributed by atoms with Gasteiger partial charge < -0.3 is 5.73 Å². The Morgan fingerprint density at radius 1 is 1.00 bits per heavy atom. The molecule has 2 N–H and O–H groups in total. The molecule has 1 nitrogen and oxygen atoms in total. The summed E-state index contributed by atoms with van der Waals surface area (Å²) in [6, 6.07) is 12.0. The van der Waals surface area contributed by atoms with Gasteiger partial charge in [-0.2, -0.15) is 0 Å². The predicted octanol–water partition coefficient (Wildman–Crippen LogP) is 4.42. The summed E-state index contributed by atoms with van der Waals surface area (Å²) in [6.07, 6.45) is 0.479. The largest absolute Gasteiger partial charge is 0.330 e. The lowest BCUT2D eigenvalue weighted by Crippen LogP contribution is -2.16. The minimum atomic E-state index is -0.232. The minimum absolute atomic E-state index is 0.0990. The van der Waals surface area contributed by atoms with Crippen molar-refractivity contribution < 1.29 is 4.39 Å². The summed E-state index contributed by atoms with van der Waals surface area (Å²) in [6.45, 7) is 0.359. The van der Waals surface area contributed by atoms with Gasteiger partial charge in [-0.1, -0.05) is 47.5 Å². The Morgan fingerprint density at radius 2 is 1.63 bits per heavy atom. The Morgan fingerprint density at radius 3 is 2.21 bits per heavy atom. The summed E-state index contributed by atoms with van der Waals surface area (Å²) in [7, 11) is 0. The first-order chi connectivity index (χ1) is 9.13. The highest BCUT2D eigenvalue weighted by Gasteiger charge is 2.18. The molecule has 2 rings (SSSR count). The van der Waals surface area contributed by atoms with E-state index < -0.39 is 0 Å². The quantitative estimate of drug-likeness (QED) is 0.888. The van der Waals surface area contributed by atoms with Crippen molar-refractivity contribution in [2.45, 2.75) is 12.3 Å². The Hall–Kier alpha value is -1.09. The summed E-state index contributed by atoms with van der Waals surface area (Å²) < 4.78 is 13.7. The van der Waals surface area contributed by atoms with Crippen LogP contribution in [0.3, 0.4) is 0 Å². The van der Waals surface area contributed by atoms with Gasteiger partial charge in [0.05, 0.1) is 0 Å². The van der Waals surface area contributed by atoms with Crippen LogP contribution in [-0.4, -0.2) is 6.54 Å². The van der Waals surface area contributed by atoms with Crippen LogP contribution >= 0.6 is 23.2 Å². The van der Waals surface area contributed by atoms with Crippen molar-refractivity contribution in [3.63, 3.8) is 0 Å². The Labute approximate surface area is 122 Å². The van der Waals surface area contributed by atoms with E-state index in [2.05, 4.69) is 0 Å². The third-order valence-corrected chi connectivity index (χ3v) is 3.78. The first-order valence-corrected chi connectivity index (χ1v) is 6.76. The summed E-state index contributed by atoms with van der Waals surface area (Å²) in [5.74, 6) is -0.331. The molecule has 0 radical (unpaired) electrons. The maximum atomic E-state index is 13.7. The fraction of sp³-hybridized carbons (Fsp3) is 0.200. The topological polar surface area (TPSA) is 26.0 Å². The first kappa shape index (κ1) is 14.3. The summed E-state index contributed by atoms with van der Waals surface area (Å²) in [5.41, 5.74) is 7.21. The van der Waals surface area contributed by atoms with Crippen molar-refractivity contribution in [1.82, 2.24) is 0 Å². The van der Waals surface area contributed by atoms with E-state index in [0.717, 1.165) is 5.56 Å². The molecule has 4 heteroatoms. The van der Waals surface area contributed by atoms with E-state index in [0.29, 0.717) is 28.6 Å². The minimum Gasteiger partial charge on any atom is -0.330 e. The Bertz CT molecular complexity index is 552. The zero-order valence-corrected chi connectivity index (χ0v) is 11.8. The van der Waals surface area contributed by atoms with Gasteiger partial charge in [0.2, 0.25) is 0 Å². The van der Waals surface area contributed by atoms with Crippen LogP contribution in [0.2, 0.25) is 10.0 Å². The second-order valence-electron chi connectivity index (χ2n) is 4.36. The lowest BCUT2D eigenvalue weighted by atomic mass is 9.91. The normalized spacial score (nSPS) is 12.4. The van der Waals surface area contributed by atoms with E-state index >= 15 is 0 Å². The van der Waals surface area contributed by atoms with E-state index in [9.17, 15) is 4.39 Å². The van der Waals surface area contributed by atoms with Gasteiger partial charge in [-0.15, -0.1) is 0 Å². The van der Waals surface area contributed by atoms with Crippen molar-refractivity contribution in [3.8, 4) is 0 Å². The SMILES string of the molecule is NCC(Cc1ccccc1F)c1c(Cl)cccc1Cl. The highest BCUT2D eigenvalue weighted by Crippen LogP contribution is 2.33. The highest BCUT2D eigenvalue weighted by molar-refractivity contribution is 6.36. The van der Waals surface area contributed by atoms with Crippen LogP contribution in [0.4, 0.5) is 4.39 Å². The second-order valence-corrected chi connectivity index (χ2v) is 5.18. The smallest absolute Gasteiger partial charge is 0.126 e. The van der Waals surface area contributed by atoms with Crippen LogP contribution in [0.25, 0.3) is 0 Å². The standard InChI is InChI=1S/C15H14Cl2FN/c16-12-5-3-6-13(17)15(12)11(9-19)8-10-4-1-2-7-14(10)18/h1-7,11H,8-9,19H2. The second kappa shape index (κ2) is 6.38. The molecule has 2 aromatic rings. The van der Waals surface area contributed by atoms with Gasteiger partial charge in [-0.3, -0.25) is 0 Å². The van der Waals surface area contributed by atoms with E-state index in [-0.39, 0.29) is 11.7 Å². The number of hydrogen-bond acceptors (Lipinski definition) is 1. The van der Waals surface area contributed by atoms with Gasteiger partial charge in [0, 0.05) is 16.0 Å². The molecule has 0 heterocycles. The van der Waals surface area contributed by atoms with Gasteiger partial charge in [0.1, 0.15) is 5.82 Å². The lowest BCUT2D eigenvalue weighted by molar-refractivity contribution is 0.590. The summed E-state index contributed by atoms with van der Waals surface area (Å²) >= 11 is 12.4. The van der Waals surface area contributed by atoms with E-state index in [1.54, 1.807) is 36.4 Å². The van der Waals surface area contributed by atoms with Crippen molar-refractivity contribution in [2.24, 2.45) is 5.73 Å². The number of benzene rings is 2. The average Bonchev–Trinajstić information content (AvgIpc) is 2.39. The van der Waals surface area contributed by atoms with E-state index in [4.69, 9.17) is 28.9 Å². The van der Waals surface area contributed by atoms with Crippen LogP contribution in [0.1, 0.15) is 17.0 Å². The van der Waals surface area contributed by atoms with Crippen LogP contribution in [0.15, 0.2) is 42.5 Å². The number of hydrogen-bond donors (Lipinski definition) is 1. The number of rotatable bonds is 4. The number of nitrogens with two attached hydrogens (primary N) is 1. The first-order valence-electron chi connectivity index (χ1n) is 6.01. The summed E-state index contributed by atoms with van der Waals surface area (Å²) in [5, 5.41) is 1.14. The molecule has 0 saturated carbocycles. The maximum absolute atomic E-state index is 13.7. The molecule has 0 saturated heterocycles. The molecular weight excluding hydrogens is 284 g/mol. The van der Waals surface area contributed by atoms with Crippen LogP contribution in [0.5, 0.6) is 0 Å². The van der Waals surface area contributed by atoms with Crippen molar-refractivity contribution in [1.29, 1.82) is 0 Å². The predicted molar refractivity (Wildman–Crippen MR) is 78.4 cm³/mol. The molecule has 19 heavy (non-hydrogen) atoms. The number of halogens is 3. The Balaban J connectivity index is 2.34. The molecule has 100 valence electrons. The molecule has 0 fully saturated rings.